The van der Waals surface area contributed by atoms with Crippen LogP contribution >= 0.6 is 11.6 Å². The summed E-state index contributed by atoms with van der Waals surface area (Å²) in [6, 6.07) is 13.8. The van der Waals surface area contributed by atoms with E-state index in [1.165, 1.54) is 12.0 Å². The summed E-state index contributed by atoms with van der Waals surface area (Å²) in [4.78, 5) is 25.6. The second-order valence-electron chi connectivity index (χ2n) is 5.59. The molecule has 0 saturated heterocycles. The first-order chi connectivity index (χ1) is 12.4. The Morgan fingerprint density at radius 1 is 1.15 bits per heavy atom. The predicted molar refractivity (Wildman–Crippen MR) is 101 cm³/mol. The number of benzene rings is 2. The lowest BCUT2D eigenvalue weighted by Gasteiger charge is -2.27. The van der Waals surface area contributed by atoms with E-state index in [2.05, 4.69) is 0 Å². The summed E-state index contributed by atoms with van der Waals surface area (Å²) in [7, 11) is 1.52. The molecule has 2 aromatic rings. The summed E-state index contributed by atoms with van der Waals surface area (Å²) < 4.78 is 11.0. The van der Waals surface area contributed by atoms with Crippen LogP contribution in [0.1, 0.15) is 13.3 Å². The van der Waals surface area contributed by atoms with Gasteiger partial charge in [0.25, 0.3) is 5.91 Å². The Morgan fingerprint density at radius 3 is 2.42 bits per heavy atom. The summed E-state index contributed by atoms with van der Waals surface area (Å²) in [5.41, 5.74) is 5.80. The van der Waals surface area contributed by atoms with E-state index in [1.54, 1.807) is 55.5 Å². The number of nitrogens with two attached hydrogens (primary N) is 1. The van der Waals surface area contributed by atoms with Crippen LogP contribution in [0.2, 0.25) is 5.02 Å². The Balaban J connectivity index is 2.23. The molecule has 2 amide bonds. The van der Waals surface area contributed by atoms with Crippen LogP contribution < -0.4 is 20.1 Å². The van der Waals surface area contributed by atoms with Crippen molar-refractivity contribution in [1.82, 2.24) is 0 Å². The van der Waals surface area contributed by atoms with E-state index in [9.17, 15) is 9.59 Å². The maximum Gasteiger partial charge on any atom is 0.267 e. The van der Waals surface area contributed by atoms with Gasteiger partial charge in [-0.25, -0.2) is 0 Å². The van der Waals surface area contributed by atoms with Crippen molar-refractivity contribution >= 4 is 29.1 Å². The molecular weight excluding hydrogens is 356 g/mol. The van der Waals surface area contributed by atoms with Gasteiger partial charge in [0.2, 0.25) is 5.91 Å². The van der Waals surface area contributed by atoms with Crippen molar-refractivity contribution in [2.45, 2.75) is 19.4 Å². The average Bonchev–Trinajstić information content (AvgIpc) is 2.63. The van der Waals surface area contributed by atoms with Gasteiger partial charge in [0.05, 0.1) is 12.8 Å². The van der Waals surface area contributed by atoms with Crippen molar-refractivity contribution in [2.75, 3.05) is 18.6 Å². The number of carbonyl (C=O) groups is 2. The molecule has 0 aliphatic rings. The zero-order valence-corrected chi connectivity index (χ0v) is 15.4. The molecule has 1 atom stereocenters. The normalized spacial score (nSPS) is 11.5. The van der Waals surface area contributed by atoms with Gasteiger partial charge in [-0.15, -0.1) is 0 Å². The lowest BCUT2D eigenvalue weighted by Crippen LogP contribution is -2.42. The summed E-state index contributed by atoms with van der Waals surface area (Å²) in [6.07, 6.45) is -0.758. The lowest BCUT2D eigenvalue weighted by atomic mass is 10.2. The standard InChI is InChI=1S/C19H21ClN2O4/c1-13(26-15-9-7-14(20)8-10-15)19(24)22(12-11-18(21)23)16-5-3-4-6-17(16)25-2/h3-10,13H,11-12H2,1-2H3,(H2,21,23). The van der Waals surface area contributed by atoms with E-state index in [0.717, 1.165) is 0 Å². The van der Waals surface area contributed by atoms with Crippen molar-refractivity contribution in [3.05, 3.63) is 53.6 Å². The van der Waals surface area contributed by atoms with Crippen molar-refractivity contribution in [3.63, 3.8) is 0 Å². The molecule has 0 saturated carbocycles. The summed E-state index contributed by atoms with van der Waals surface area (Å²) in [5, 5.41) is 0.577. The molecule has 0 fully saturated rings. The fraction of sp³-hybridized carbons (Fsp3) is 0.263. The van der Waals surface area contributed by atoms with Gasteiger partial charge in [-0.05, 0) is 43.3 Å². The molecule has 26 heavy (non-hydrogen) atoms. The number of rotatable bonds is 8. The number of hydrogen-bond donors (Lipinski definition) is 1. The maximum atomic E-state index is 13.0. The fourth-order valence-electron chi connectivity index (χ4n) is 2.41. The third kappa shape index (κ3) is 5.13. The van der Waals surface area contributed by atoms with Gasteiger partial charge < -0.3 is 20.1 Å². The van der Waals surface area contributed by atoms with Crippen molar-refractivity contribution < 1.29 is 19.1 Å². The van der Waals surface area contributed by atoms with Crippen LogP contribution in [0, 0.1) is 0 Å². The highest BCUT2D eigenvalue weighted by Crippen LogP contribution is 2.29. The Bertz CT molecular complexity index is 764. The third-order valence-corrected chi connectivity index (χ3v) is 3.95. The Kier molecular flexibility index (Phi) is 6.86. The van der Waals surface area contributed by atoms with Crippen LogP contribution in [0.5, 0.6) is 11.5 Å². The van der Waals surface area contributed by atoms with Crippen LogP contribution in [0.15, 0.2) is 48.5 Å². The smallest absolute Gasteiger partial charge is 0.267 e. The maximum absolute atomic E-state index is 13.0. The third-order valence-electron chi connectivity index (χ3n) is 3.70. The molecule has 0 aliphatic heterocycles. The van der Waals surface area contributed by atoms with Crippen LogP contribution in [0.4, 0.5) is 5.69 Å². The highest BCUT2D eigenvalue weighted by Gasteiger charge is 2.26. The number of methoxy groups -OCH3 is 1. The first kappa shape index (κ1) is 19.6. The quantitative estimate of drug-likeness (QED) is 0.767. The summed E-state index contributed by atoms with van der Waals surface area (Å²) >= 11 is 5.86. The van der Waals surface area contributed by atoms with E-state index in [0.29, 0.717) is 22.2 Å². The lowest BCUT2D eigenvalue weighted by molar-refractivity contribution is -0.124. The highest BCUT2D eigenvalue weighted by molar-refractivity contribution is 6.30. The van der Waals surface area contributed by atoms with Crippen LogP contribution in [0.3, 0.4) is 0 Å². The molecule has 0 heterocycles. The molecule has 6 nitrogen and oxygen atoms in total. The molecule has 0 aliphatic carbocycles. The number of halogens is 1. The molecule has 0 bridgehead atoms. The fourth-order valence-corrected chi connectivity index (χ4v) is 2.54. The number of ether oxygens (including phenoxy) is 2. The number of carbonyl (C=O) groups excluding carboxylic acids is 2. The number of primary amides is 1. The minimum absolute atomic E-state index is 0.0253. The van der Waals surface area contributed by atoms with Gasteiger partial charge in [-0.2, -0.15) is 0 Å². The van der Waals surface area contributed by atoms with Gasteiger partial charge in [-0.3, -0.25) is 9.59 Å². The van der Waals surface area contributed by atoms with E-state index in [1.807, 2.05) is 0 Å². The zero-order valence-electron chi connectivity index (χ0n) is 14.6. The van der Waals surface area contributed by atoms with Gasteiger partial charge >= 0.3 is 0 Å². The largest absolute Gasteiger partial charge is 0.495 e. The molecular formula is C19H21ClN2O4. The Hall–Kier alpha value is -2.73. The average molecular weight is 377 g/mol. The molecule has 0 spiro atoms. The second kappa shape index (κ2) is 9.10. The zero-order chi connectivity index (χ0) is 19.1. The summed E-state index contributed by atoms with van der Waals surface area (Å²) in [5.74, 6) is 0.226. The van der Waals surface area contributed by atoms with Gasteiger partial charge in [0, 0.05) is 18.0 Å². The SMILES string of the molecule is COc1ccccc1N(CCC(N)=O)C(=O)C(C)Oc1ccc(Cl)cc1. The molecule has 0 aromatic heterocycles. The number of amides is 2. The van der Waals surface area contributed by atoms with E-state index >= 15 is 0 Å². The molecule has 138 valence electrons. The predicted octanol–water partition coefficient (Wildman–Crippen LogP) is 3.02. The first-order valence-corrected chi connectivity index (χ1v) is 8.45. The van der Waals surface area contributed by atoms with Crippen LogP contribution in [-0.2, 0) is 9.59 Å². The first-order valence-electron chi connectivity index (χ1n) is 8.07. The number of para-hydroxylation sites is 2. The molecule has 0 radical (unpaired) electrons. The van der Waals surface area contributed by atoms with E-state index in [-0.39, 0.29) is 18.9 Å². The Morgan fingerprint density at radius 2 is 1.81 bits per heavy atom. The molecule has 2 N–H and O–H groups in total. The monoisotopic (exact) mass is 376 g/mol. The van der Waals surface area contributed by atoms with Gasteiger partial charge in [0.1, 0.15) is 11.5 Å². The molecule has 2 aromatic carbocycles. The number of nitrogens with zero attached hydrogens (tertiary/aromatic N) is 1. The molecule has 7 heteroatoms. The van der Waals surface area contributed by atoms with Crippen molar-refractivity contribution in [3.8, 4) is 11.5 Å². The minimum atomic E-state index is -0.783. The van der Waals surface area contributed by atoms with Gasteiger partial charge in [-0.1, -0.05) is 23.7 Å². The minimum Gasteiger partial charge on any atom is -0.495 e. The highest BCUT2D eigenvalue weighted by atomic mass is 35.5. The Labute approximate surface area is 157 Å². The molecule has 2 rings (SSSR count). The number of anilines is 1. The molecule has 1 unspecified atom stereocenters. The number of hydrogen-bond acceptors (Lipinski definition) is 4. The van der Waals surface area contributed by atoms with Crippen molar-refractivity contribution in [2.24, 2.45) is 5.73 Å². The van der Waals surface area contributed by atoms with Crippen molar-refractivity contribution in [1.29, 1.82) is 0 Å². The second-order valence-corrected chi connectivity index (χ2v) is 6.03. The van der Waals surface area contributed by atoms with Crippen LogP contribution in [0.25, 0.3) is 0 Å². The van der Waals surface area contributed by atoms with Crippen LogP contribution in [-0.4, -0.2) is 31.6 Å². The topological polar surface area (TPSA) is 81.9 Å². The van der Waals surface area contributed by atoms with E-state index < -0.39 is 12.0 Å². The van der Waals surface area contributed by atoms with E-state index in [4.69, 9.17) is 26.8 Å². The van der Waals surface area contributed by atoms with Gasteiger partial charge in [0.15, 0.2) is 6.10 Å². The summed E-state index contributed by atoms with van der Waals surface area (Å²) in [6.45, 7) is 1.77.